The molecule has 2 aromatic carbocycles. The smallest absolute Gasteiger partial charge is 0.223 e. The van der Waals surface area contributed by atoms with Gasteiger partial charge in [0.15, 0.2) is 0 Å². The van der Waals surface area contributed by atoms with Crippen molar-refractivity contribution in [1.82, 2.24) is 10.2 Å². The van der Waals surface area contributed by atoms with Gasteiger partial charge >= 0.3 is 0 Å². The van der Waals surface area contributed by atoms with E-state index in [4.69, 9.17) is 16.3 Å². The van der Waals surface area contributed by atoms with Crippen LogP contribution in [0.15, 0.2) is 48.5 Å². The van der Waals surface area contributed by atoms with E-state index in [1.54, 1.807) is 7.11 Å². The molecule has 1 atom stereocenters. The fourth-order valence-corrected chi connectivity index (χ4v) is 3.58. The highest BCUT2D eigenvalue weighted by molar-refractivity contribution is 6.31. The first kappa shape index (κ1) is 17.8. The van der Waals surface area contributed by atoms with Crippen molar-refractivity contribution in [2.24, 2.45) is 0 Å². The molecule has 1 amide bonds. The van der Waals surface area contributed by atoms with Crippen LogP contribution in [0.25, 0.3) is 0 Å². The lowest BCUT2D eigenvalue weighted by Gasteiger charge is -2.37. The number of aryl methyl sites for hydroxylation is 1. The highest BCUT2D eigenvalue weighted by atomic mass is 35.5. The Hall–Kier alpha value is -2.04. The maximum Gasteiger partial charge on any atom is 0.223 e. The quantitative estimate of drug-likeness (QED) is 0.890. The van der Waals surface area contributed by atoms with Crippen molar-refractivity contribution < 1.29 is 9.53 Å². The Morgan fingerprint density at radius 1 is 1.24 bits per heavy atom. The summed E-state index contributed by atoms with van der Waals surface area (Å²) >= 11 is 6.36. The van der Waals surface area contributed by atoms with E-state index in [2.05, 4.69) is 5.32 Å². The number of carbonyl (C=O) groups is 1. The second kappa shape index (κ2) is 8.37. The minimum absolute atomic E-state index is 0.0207. The topological polar surface area (TPSA) is 41.6 Å². The minimum Gasteiger partial charge on any atom is -0.496 e. The molecule has 0 aliphatic carbocycles. The standard InChI is InChI=1S/C20H23ClN2O2/c1-25-19-9-5-2-6-15(19)10-11-20(24)23-13-12-22-14-18(23)16-7-3-4-8-17(16)21/h2-9,18,22H,10-14H2,1H3. The molecule has 0 bridgehead atoms. The van der Waals surface area contributed by atoms with E-state index >= 15 is 0 Å². The van der Waals surface area contributed by atoms with E-state index < -0.39 is 0 Å². The van der Waals surface area contributed by atoms with Gasteiger partial charge in [0.05, 0.1) is 13.2 Å². The zero-order chi connectivity index (χ0) is 17.6. The molecule has 1 unspecified atom stereocenters. The van der Waals surface area contributed by atoms with Gasteiger partial charge in [-0.15, -0.1) is 0 Å². The van der Waals surface area contributed by atoms with Gasteiger partial charge < -0.3 is 15.0 Å². The van der Waals surface area contributed by atoms with Crippen molar-refractivity contribution in [1.29, 1.82) is 0 Å². The minimum atomic E-state index is -0.0207. The average Bonchev–Trinajstić information content (AvgIpc) is 2.66. The first-order valence-corrected chi connectivity index (χ1v) is 8.95. The lowest BCUT2D eigenvalue weighted by Crippen LogP contribution is -2.48. The molecular weight excluding hydrogens is 336 g/mol. The van der Waals surface area contributed by atoms with Crippen LogP contribution in [0.1, 0.15) is 23.6 Å². The van der Waals surface area contributed by atoms with E-state index in [9.17, 15) is 4.79 Å². The first-order chi connectivity index (χ1) is 12.2. The van der Waals surface area contributed by atoms with Crippen LogP contribution >= 0.6 is 11.6 Å². The Kier molecular flexibility index (Phi) is 5.95. The van der Waals surface area contributed by atoms with Gasteiger partial charge in [0.2, 0.25) is 5.91 Å². The lowest BCUT2D eigenvalue weighted by molar-refractivity contribution is -0.134. The van der Waals surface area contributed by atoms with E-state index in [0.29, 0.717) is 24.4 Å². The van der Waals surface area contributed by atoms with Gasteiger partial charge in [-0.1, -0.05) is 48.0 Å². The third-order valence-electron chi connectivity index (χ3n) is 4.63. The summed E-state index contributed by atoms with van der Waals surface area (Å²) in [5.41, 5.74) is 2.06. The van der Waals surface area contributed by atoms with Gasteiger partial charge in [-0.25, -0.2) is 0 Å². The fraction of sp³-hybridized carbons (Fsp3) is 0.350. The molecule has 1 N–H and O–H groups in total. The molecule has 1 saturated heterocycles. The molecule has 1 heterocycles. The van der Waals surface area contributed by atoms with Crippen molar-refractivity contribution >= 4 is 17.5 Å². The Bertz CT molecular complexity index is 735. The summed E-state index contributed by atoms with van der Waals surface area (Å²) in [6.07, 6.45) is 1.13. The van der Waals surface area contributed by atoms with Crippen LogP contribution in [0.5, 0.6) is 5.75 Å². The molecule has 0 radical (unpaired) electrons. The van der Waals surface area contributed by atoms with Gasteiger partial charge in [0.25, 0.3) is 0 Å². The van der Waals surface area contributed by atoms with Crippen LogP contribution in [0.2, 0.25) is 5.02 Å². The van der Waals surface area contributed by atoms with E-state index in [1.165, 1.54) is 0 Å². The zero-order valence-corrected chi connectivity index (χ0v) is 15.1. The van der Waals surface area contributed by atoms with E-state index in [0.717, 1.165) is 30.0 Å². The summed E-state index contributed by atoms with van der Waals surface area (Å²) in [4.78, 5) is 14.8. The van der Waals surface area contributed by atoms with Gasteiger partial charge in [-0.2, -0.15) is 0 Å². The van der Waals surface area contributed by atoms with Crippen molar-refractivity contribution in [3.8, 4) is 5.75 Å². The number of ether oxygens (including phenoxy) is 1. The molecule has 132 valence electrons. The largest absolute Gasteiger partial charge is 0.496 e. The summed E-state index contributed by atoms with van der Waals surface area (Å²) in [7, 11) is 1.66. The van der Waals surface area contributed by atoms with E-state index in [1.807, 2.05) is 53.4 Å². The highest BCUT2D eigenvalue weighted by Crippen LogP contribution is 2.29. The molecule has 25 heavy (non-hydrogen) atoms. The number of methoxy groups -OCH3 is 1. The molecule has 1 fully saturated rings. The number of hydrogen-bond donors (Lipinski definition) is 1. The van der Waals surface area contributed by atoms with Gasteiger partial charge in [-0.05, 0) is 29.7 Å². The molecule has 4 nitrogen and oxygen atoms in total. The molecular formula is C20H23ClN2O2. The Morgan fingerprint density at radius 3 is 2.80 bits per heavy atom. The van der Waals surface area contributed by atoms with Gasteiger partial charge in [0.1, 0.15) is 5.75 Å². The molecule has 0 saturated carbocycles. The summed E-state index contributed by atoms with van der Waals surface area (Å²) in [6.45, 7) is 2.23. The number of rotatable bonds is 5. The highest BCUT2D eigenvalue weighted by Gasteiger charge is 2.28. The fourth-order valence-electron chi connectivity index (χ4n) is 3.32. The van der Waals surface area contributed by atoms with Crippen molar-refractivity contribution in [3.63, 3.8) is 0 Å². The molecule has 5 heteroatoms. The maximum atomic E-state index is 12.9. The second-order valence-electron chi connectivity index (χ2n) is 6.14. The molecule has 1 aliphatic heterocycles. The predicted molar refractivity (Wildman–Crippen MR) is 100 cm³/mol. The molecule has 3 rings (SSSR count). The zero-order valence-electron chi connectivity index (χ0n) is 14.4. The van der Waals surface area contributed by atoms with Crippen LogP contribution in [0.4, 0.5) is 0 Å². The van der Waals surface area contributed by atoms with Crippen molar-refractivity contribution in [2.45, 2.75) is 18.9 Å². The van der Waals surface area contributed by atoms with Crippen LogP contribution in [0.3, 0.4) is 0 Å². The first-order valence-electron chi connectivity index (χ1n) is 8.57. The summed E-state index contributed by atoms with van der Waals surface area (Å²) < 4.78 is 5.38. The number of nitrogens with zero attached hydrogens (tertiary/aromatic N) is 1. The Balaban J connectivity index is 1.72. The average molecular weight is 359 g/mol. The third kappa shape index (κ3) is 4.14. The third-order valence-corrected chi connectivity index (χ3v) is 4.97. The number of amides is 1. The number of benzene rings is 2. The number of nitrogens with one attached hydrogen (secondary N) is 1. The Morgan fingerprint density at radius 2 is 2.00 bits per heavy atom. The van der Waals surface area contributed by atoms with Crippen LogP contribution in [-0.2, 0) is 11.2 Å². The summed E-state index contributed by atoms with van der Waals surface area (Å²) in [5.74, 6) is 0.982. The molecule has 0 spiro atoms. The van der Waals surface area contributed by atoms with Crippen LogP contribution in [-0.4, -0.2) is 37.6 Å². The number of carbonyl (C=O) groups excluding carboxylic acids is 1. The van der Waals surface area contributed by atoms with Crippen molar-refractivity contribution in [2.75, 3.05) is 26.7 Å². The van der Waals surface area contributed by atoms with Crippen LogP contribution in [0, 0.1) is 0 Å². The molecule has 2 aromatic rings. The Labute approximate surface area is 153 Å². The molecule has 1 aliphatic rings. The normalized spacial score (nSPS) is 17.4. The maximum absolute atomic E-state index is 12.9. The van der Waals surface area contributed by atoms with E-state index in [-0.39, 0.29) is 11.9 Å². The van der Waals surface area contributed by atoms with Crippen molar-refractivity contribution in [3.05, 3.63) is 64.7 Å². The second-order valence-corrected chi connectivity index (χ2v) is 6.55. The SMILES string of the molecule is COc1ccccc1CCC(=O)N1CCNCC1c1ccccc1Cl. The van der Waals surface area contributed by atoms with Gasteiger partial charge in [-0.3, -0.25) is 4.79 Å². The van der Waals surface area contributed by atoms with Crippen LogP contribution < -0.4 is 10.1 Å². The lowest BCUT2D eigenvalue weighted by atomic mass is 10.0. The van der Waals surface area contributed by atoms with Gasteiger partial charge in [0, 0.05) is 31.1 Å². The number of piperazine rings is 1. The monoisotopic (exact) mass is 358 g/mol. The number of hydrogen-bond acceptors (Lipinski definition) is 3. The summed E-state index contributed by atoms with van der Waals surface area (Å²) in [5, 5.41) is 4.07. The summed E-state index contributed by atoms with van der Waals surface area (Å²) in [6, 6.07) is 15.6. The number of para-hydroxylation sites is 1. The predicted octanol–water partition coefficient (Wildman–Crippen LogP) is 3.45. The molecule has 0 aromatic heterocycles. The number of halogens is 1.